The number of ether oxygens (including phenoxy) is 1. The average molecular weight is 321 g/mol. The maximum absolute atomic E-state index is 5.77. The number of benzene rings is 1. The fourth-order valence-electron chi connectivity index (χ4n) is 2.37. The lowest BCUT2D eigenvalue weighted by Crippen LogP contribution is -1.97. The molecule has 2 nitrogen and oxygen atoms in total. The van der Waals surface area contributed by atoms with E-state index in [0.717, 1.165) is 36.5 Å². The van der Waals surface area contributed by atoms with Gasteiger partial charge in [-0.25, -0.2) is 4.98 Å². The Morgan fingerprint density at radius 3 is 2.33 bits per heavy atom. The van der Waals surface area contributed by atoms with E-state index in [-0.39, 0.29) is 0 Å². The molecular formula is C22H27NO. The summed E-state index contributed by atoms with van der Waals surface area (Å²) in [4.78, 5) is 4.35. The van der Waals surface area contributed by atoms with Crippen molar-refractivity contribution in [2.45, 2.75) is 52.4 Å². The zero-order valence-electron chi connectivity index (χ0n) is 14.8. The largest absolute Gasteiger partial charge is 0.494 e. The van der Waals surface area contributed by atoms with E-state index in [9.17, 15) is 0 Å². The minimum Gasteiger partial charge on any atom is -0.494 e. The smallest absolute Gasteiger partial charge is 0.119 e. The van der Waals surface area contributed by atoms with Gasteiger partial charge in [0.2, 0.25) is 0 Å². The molecule has 0 aliphatic carbocycles. The van der Waals surface area contributed by atoms with Gasteiger partial charge in [0.1, 0.15) is 11.4 Å². The number of hydrogen-bond donors (Lipinski definition) is 0. The van der Waals surface area contributed by atoms with E-state index in [1.165, 1.54) is 31.2 Å². The van der Waals surface area contributed by atoms with Crippen LogP contribution in [0.3, 0.4) is 0 Å². The van der Waals surface area contributed by atoms with Crippen LogP contribution in [-0.2, 0) is 6.42 Å². The van der Waals surface area contributed by atoms with Gasteiger partial charge >= 0.3 is 0 Å². The molecule has 2 heteroatoms. The van der Waals surface area contributed by atoms with E-state index < -0.39 is 0 Å². The molecule has 2 rings (SSSR count). The van der Waals surface area contributed by atoms with Crippen LogP contribution >= 0.6 is 0 Å². The normalized spacial score (nSPS) is 10.1. The second-order valence-electron chi connectivity index (χ2n) is 5.94. The molecule has 126 valence electrons. The molecule has 0 aliphatic rings. The lowest BCUT2D eigenvalue weighted by Gasteiger charge is -2.05. The van der Waals surface area contributed by atoms with Gasteiger partial charge in [0, 0.05) is 11.8 Å². The second-order valence-corrected chi connectivity index (χ2v) is 5.94. The lowest BCUT2D eigenvalue weighted by atomic mass is 10.2. The molecule has 0 amide bonds. The summed E-state index contributed by atoms with van der Waals surface area (Å²) in [7, 11) is 0. The highest BCUT2D eigenvalue weighted by Crippen LogP contribution is 2.13. The van der Waals surface area contributed by atoms with Gasteiger partial charge in [-0.15, -0.1) is 0 Å². The third-order valence-corrected chi connectivity index (χ3v) is 3.94. The van der Waals surface area contributed by atoms with Gasteiger partial charge in [0.25, 0.3) is 0 Å². The summed E-state index contributed by atoms with van der Waals surface area (Å²) in [6, 6.07) is 12.0. The van der Waals surface area contributed by atoms with Gasteiger partial charge in [0.05, 0.1) is 6.61 Å². The van der Waals surface area contributed by atoms with Crippen molar-refractivity contribution in [3.63, 3.8) is 0 Å². The summed E-state index contributed by atoms with van der Waals surface area (Å²) in [5, 5.41) is 0. The molecular weight excluding hydrogens is 294 g/mol. The number of unbranched alkanes of at least 4 members (excludes halogenated alkanes) is 4. The summed E-state index contributed by atoms with van der Waals surface area (Å²) in [6.07, 6.45) is 9.18. The number of aromatic nitrogens is 1. The summed E-state index contributed by atoms with van der Waals surface area (Å²) in [5.74, 6) is 7.17. The third-order valence-electron chi connectivity index (χ3n) is 3.94. The van der Waals surface area contributed by atoms with Gasteiger partial charge in [0.15, 0.2) is 0 Å². The monoisotopic (exact) mass is 321 g/mol. The van der Waals surface area contributed by atoms with Gasteiger partial charge in [-0.05, 0) is 54.7 Å². The molecule has 1 heterocycles. The zero-order chi connectivity index (χ0) is 17.0. The Morgan fingerprint density at radius 1 is 0.875 bits per heavy atom. The molecule has 2 aromatic rings. The molecule has 1 aromatic carbocycles. The van der Waals surface area contributed by atoms with Crippen LogP contribution < -0.4 is 4.74 Å². The summed E-state index contributed by atoms with van der Waals surface area (Å²) < 4.78 is 5.77. The third kappa shape index (κ3) is 6.46. The van der Waals surface area contributed by atoms with Crippen molar-refractivity contribution >= 4 is 0 Å². The van der Waals surface area contributed by atoms with Crippen LogP contribution in [0.2, 0.25) is 0 Å². The number of rotatable bonds is 8. The second kappa shape index (κ2) is 10.5. The SMILES string of the molecule is CCCCCCCOc1ccc(C#Cc2ccc(CC)cn2)cc1. The highest BCUT2D eigenvalue weighted by atomic mass is 16.5. The Labute approximate surface area is 146 Å². The first-order valence-electron chi connectivity index (χ1n) is 9.01. The minimum atomic E-state index is 0.794. The van der Waals surface area contributed by atoms with Crippen molar-refractivity contribution in [3.8, 4) is 17.6 Å². The topological polar surface area (TPSA) is 22.1 Å². The quantitative estimate of drug-likeness (QED) is 0.480. The molecule has 0 unspecified atom stereocenters. The number of nitrogens with zero attached hydrogens (tertiary/aromatic N) is 1. The van der Waals surface area contributed by atoms with E-state index in [1.54, 1.807) is 0 Å². The van der Waals surface area contributed by atoms with Crippen molar-refractivity contribution in [2.75, 3.05) is 6.61 Å². The van der Waals surface area contributed by atoms with Gasteiger partial charge < -0.3 is 4.74 Å². The molecule has 0 saturated heterocycles. The van der Waals surface area contributed by atoms with Crippen LogP contribution in [0.5, 0.6) is 5.75 Å². The van der Waals surface area contributed by atoms with Crippen LogP contribution in [0.15, 0.2) is 42.6 Å². The summed E-state index contributed by atoms with van der Waals surface area (Å²) >= 11 is 0. The Morgan fingerprint density at radius 2 is 1.67 bits per heavy atom. The van der Waals surface area contributed by atoms with Gasteiger partial charge in [-0.3, -0.25) is 0 Å². The van der Waals surface area contributed by atoms with Crippen molar-refractivity contribution in [2.24, 2.45) is 0 Å². The average Bonchev–Trinajstić information content (AvgIpc) is 2.64. The van der Waals surface area contributed by atoms with Gasteiger partial charge in [-0.1, -0.05) is 51.5 Å². The van der Waals surface area contributed by atoms with Crippen molar-refractivity contribution < 1.29 is 4.74 Å². The fraction of sp³-hybridized carbons (Fsp3) is 0.409. The first-order chi connectivity index (χ1) is 11.8. The Bertz CT molecular complexity index is 647. The lowest BCUT2D eigenvalue weighted by molar-refractivity contribution is 0.304. The maximum atomic E-state index is 5.77. The van der Waals surface area contributed by atoms with E-state index >= 15 is 0 Å². The van der Waals surface area contributed by atoms with E-state index in [1.807, 2.05) is 36.5 Å². The van der Waals surface area contributed by atoms with Crippen LogP contribution in [0, 0.1) is 11.8 Å². The van der Waals surface area contributed by atoms with E-state index in [0.29, 0.717) is 0 Å². The highest BCUT2D eigenvalue weighted by Gasteiger charge is 1.95. The molecule has 0 bridgehead atoms. The Kier molecular flexibility index (Phi) is 7.90. The Hall–Kier alpha value is -2.27. The van der Waals surface area contributed by atoms with Crippen molar-refractivity contribution in [3.05, 3.63) is 59.4 Å². The highest BCUT2D eigenvalue weighted by molar-refractivity contribution is 5.42. The molecule has 24 heavy (non-hydrogen) atoms. The number of aryl methyl sites for hydroxylation is 1. The summed E-state index contributed by atoms with van der Waals surface area (Å²) in [5.41, 5.74) is 3.02. The van der Waals surface area contributed by atoms with Crippen LogP contribution in [0.25, 0.3) is 0 Å². The molecule has 0 fully saturated rings. The fourth-order valence-corrected chi connectivity index (χ4v) is 2.37. The van der Waals surface area contributed by atoms with E-state index in [2.05, 4.69) is 36.7 Å². The predicted molar refractivity (Wildman–Crippen MR) is 100 cm³/mol. The number of pyridine rings is 1. The Balaban J connectivity index is 1.80. The molecule has 0 spiro atoms. The molecule has 0 N–H and O–H groups in total. The molecule has 0 saturated carbocycles. The van der Waals surface area contributed by atoms with Crippen molar-refractivity contribution in [1.82, 2.24) is 4.98 Å². The molecule has 0 aliphatic heterocycles. The van der Waals surface area contributed by atoms with Crippen LogP contribution in [-0.4, -0.2) is 11.6 Å². The van der Waals surface area contributed by atoms with Gasteiger partial charge in [-0.2, -0.15) is 0 Å². The summed E-state index contributed by atoms with van der Waals surface area (Å²) in [6.45, 7) is 5.15. The predicted octanol–water partition coefficient (Wildman–Crippen LogP) is 5.39. The first-order valence-corrected chi connectivity index (χ1v) is 9.01. The molecule has 0 radical (unpaired) electrons. The molecule has 0 atom stereocenters. The van der Waals surface area contributed by atoms with Crippen LogP contribution in [0.1, 0.15) is 62.8 Å². The maximum Gasteiger partial charge on any atom is 0.119 e. The van der Waals surface area contributed by atoms with E-state index in [4.69, 9.17) is 4.74 Å². The zero-order valence-corrected chi connectivity index (χ0v) is 14.8. The first kappa shape index (κ1) is 18.1. The standard InChI is InChI=1S/C22H27NO/c1-3-5-6-7-8-17-24-22-15-11-20(12-16-22)10-14-21-13-9-19(4-2)18-23-21/h9,11-13,15-16,18H,3-8,17H2,1-2H3. The van der Waals surface area contributed by atoms with Crippen LogP contribution in [0.4, 0.5) is 0 Å². The van der Waals surface area contributed by atoms with Crippen molar-refractivity contribution in [1.29, 1.82) is 0 Å². The number of hydrogen-bond acceptors (Lipinski definition) is 2. The minimum absolute atomic E-state index is 0.794. The molecule has 1 aromatic heterocycles.